The van der Waals surface area contributed by atoms with Gasteiger partial charge >= 0.3 is 0 Å². The van der Waals surface area contributed by atoms with Gasteiger partial charge in [-0.3, -0.25) is 4.79 Å². The minimum absolute atomic E-state index is 0.0264. The molecule has 150 valence electrons. The first kappa shape index (κ1) is 18.6. The number of thioether (sulfide) groups is 1. The molecule has 4 fully saturated rings. The number of halogens is 1. The molecule has 28 heavy (non-hydrogen) atoms. The lowest BCUT2D eigenvalue weighted by Crippen LogP contribution is -2.47. The van der Waals surface area contributed by atoms with Crippen LogP contribution in [-0.4, -0.2) is 53.2 Å². The molecular formula is C20H23FN2O3S2. The highest BCUT2D eigenvalue weighted by Crippen LogP contribution is 2.51. The number of hydrogen-bond acceptors (Lipinski definition) is 4. The summed E-state index contributed by atoms with van der Waals surface area (Å²) in [4.78, 5) is 19.2. The Bertz CT molecular complexity index is 931. The van der Waals surface area contributed by atoms with Crippen molar-refractivity contribution in [3.8, 4) is 0 Å². The largest absolute Gasteiger partial charge is 0.343 e. The van der Waals surface area contributed by atoms with E-state index in [1.807, 2.05) is 0 Å². The van der Waals surface area contributed by atoms with E-state index < -0.39 is 9.84 Å². The molecule has 1 amide bonds. The zero-order chi connectivity index (χ0) is 19.5. The van der Waals surface area contributed by atoms with E-state index in [9.17, 15) is 17.6 Å². The van der Waals surface area contributed by atoms with Crippen LogP contribution in [-0.2, 0) is 21.1 Å². The standard InChI is InChI=1S/C20H23FN2O3S2/c21-15-5-2-12(3-6-15)9-19(24)22-20-23(16-8-13-1-4-14(16)7-13)17-10-28(25,26)11-18(17)27-20/h2-3,5-6,13-14,16-18H,1,4,7-11H2/t13-,14-,16-,17-,18+/m1/s1. The SMILES string of the molecule is O=C(Cc1ccc(F)cc1)N=C1S[C@H]2CS(=O)(=O)C[C@H]2N1[C@@H]1C[C@@H]2CC[C@@H]1C2. The number of hydrogen-bond donors (Lipinski definition) is 0. The number of aliphatic imine (C=N–C) groups is 1. The van der Waals surface area contributed by atoms with Crippen LogP contribution in [0.15, 0.2) is 29.3 Å². The minimum atomic E-state index is -3.02. The average Bonchev–Trinajstić information content (AvgIpc) is 3.36. The third kappa shape index (κ3) is 3.38. The second kappa shape index (κ2) is 6.83. The molecule has 1 aromatic rings. The quantitative estimate of drug-likeness (QED) is 0.749. The number of benzene rings is 1. The molecular weight excluding hydrogens is 399 g/mol. The smallest absolute Gasteiger partial charge is 0.252 e. The molecule has 2 aliphatic heterocycles. The number of carbonyl (C=O) groups is 1. The molecule has 2 bridgehead atoms. The predicted molar refractivity (Wildman–Crippen MR) is 107 cm³/mol. The summed E-state index contributed by atoms with van der Waals surface area (Å²) in [5.74, 6) is 1.07. The lowest BCUT2D eigenvalue weighted by Gasteiger charge is -2.36. The molecule has 0 unspecified atom stereocenters. The number of fused-ring (bicyclic) bond motifs is 3. The molecule has 2 saturated carbocycles. The van der Waals surface area contributed by atoms with Crippen LogP contribution in [0.1, 0.15) is 31.2 Å². The van der Waals surface area contributed by atoms with Crippen molar-refractivity contribution in [2.45, 2.75) is 49.4 Å². The lowest BCUT2D eigenvalue weighted by molar-refractivity contribution is -0.117. The molecule has 5 atom stereocenters. The Balaban J connectivity index is 1.40. The Labute approximate surface area is 168 Å². The predicted octanol–water partition coefficient (Wildman–Crippen LogP) is 2.65. The molecule has 2 heterocycles. The molecule has 8 heteroatoms. The highest BCUT2D eigenvalue weighted by Gasteiger charge is 2.54. The van der Waals surface area contributed by atoms with Crippen molar-refractivity contribution >= 4 is 32.7 Å². The second-order valence-corrected chi connectivity index (χ2v) is 11.9. The van der Waals surface area contributed by atoms with Gasteiger partial charge in [0.15, 0.2) is 15.0 Å². The Kier molecular flexibility index (Phi) is 4.54. The molecule has 5 rings (SSSR count). The van der Waals surface area contributed by atoms with Crippen molar-refractivity contribution in [1.29, 1.82) is 0 Å². The Morgan fingerprint density at radius 2 is 1.93 bits per heavy atom. The van der Waals surface area contributed by atoms with Crippen LogP contribution in [0.3, 0.4) is 0 Å². The fourth-order valence-electron chi connectivity index (χ4n) is 5.45. The van der Waals surface area contributed by atoms with Gasteiger partial charge in [0.25, 0.3) is 5.91 Å². The van der Waals surface area contributed by atoms with Crippen molar-refractivity contribution in [3.63, 3.8) is 0 Å². The van der Waals surface area contributed by atoms with E-state index in [-0.39, 0.29) is 40.9 Å². The van der Waals surface area contributed by atoms with Crippen LogP contribution in [0, 0.1) is 17.7 Å². The van der Waals surface area contributed by atoms with Crippen LogP contribution in [0.2, 0.25) is 0 Å². The highest BCUT2D eigenvalue weighted by atomic mass is 32.2. The van der Waals surface area contributed by atoms with E-state index in [0.717, 1.165) is 17.9 Å². The molecule has 0 N–H and O–H groups in total. The van der Waals surface area contributed by atoms with E-state index in [0.29, 0.717) is 17.1 Å². The van der Waals surface area contributed by atoms with Crippen molar-refractivity contribution in [2.75, 3.05) is 11.5 Å². The molecule has 0 aromatic heterocycles. The van der Waals surface area contributed by atoms with Crippen LogP contribution in [0.4, 0.5) is 4.39 Å². The summed E-state index contributed by atoms with van der Waals surface area (Å²) in [7, 11) is -3.02. The van der Waals surface area contributed by atoms with Gasteiger partial charge < -0.3 is 4.90 Å². The zero-order valence-corrected chi connectivity index (χ0v) is 17.1. The van der Waals surface area contributed by atoms with Crippen LogP contribution < -0.4 is 0 Å². The van der Waals surface area contributed by atoms with Gasteiger partial charge in [-0.15, -0.1) is 0 Å². The van der Waals surface area contributed by atoms with Gasteiger partial charge in [0.05, 0.1) is 24.0 Å². The normalized spacial score (nSPS) is 37.0. The summed E-state index contributed by atoms with van der Waals surface area (Å²) in [6, 6.07) is 6.14. The Morgan fingerprint density at radius 3 is 2.61 bits per heavy atom. The summed E-state index contributed by atoms with van der Waals surface area (Å²) in [6.45, 7) is 0. The van der Waals surface area contributed by atoms with E-state index in [4.69, 9.17) is 0 Å². The van der Waals surface area contributed by atoms with Gasteiger partial charge in [-0.1, -0.05) is 30.3 Å². The number of sulfone groups is 1. The summed E-state index contributed by atoms with van der Waals surface area (Å²) in [6.07, 6.45) is 4.89. The second-order valence-electron chi connectivity index (χ2n) is 8.54. The molecule has 2 saturated heterocycles. The van der Waals surface area contributed by atoms with Crippen molar-refractivity contribution in [2.24, 2.45) is 16.8 Å². The maximum atomic E-state index is 13.1. The van der Waals surface area contributed by atoms with E-state index in [1.165, 1.54) is 43.2 Å². The van der Waals surface area contributed by atoms with Crippen LogP contribution in [0.25, 0.3) is 0 Å². The molecule has 0 spiro atoms. The van der Waals surface area contributed by atoms with Gasteiger partial charge in [0, 0.05) is 11.3 Å². The Morgan fingerprint density at radius 1 is 1.14 bits per heavy atom. The molecule has 5 nitrogen and oxygen atoms in total. The van der Waals surface area contributed by atoms with E-state index >= 15 is 0 Å². The monoisotopic (exact) mass is 422 g/mol. The van der Waals surface area contributed by atoms with Gasteiger partial charge in [-0.2, -0.15) is 4.99 Å². The molecule has 0 radical (unpaired) electrons. The third-order valence-electron chi connectivity index (χ3n) is 6.65. The fourth-order valence-corrected chi connectivity index (χ4v) is 9.44. The number of amidine groups is 1. The number of nitrogens with zero attached hydrogens (tertiary/aromatic N) is 2. The van der Waals surface area contributed by atoms with Gasteiger partial charge in [0.2, 0.25) is 0 Å². The number of amides is 1. The first-order chi connectivity index (χ1) is 13.4. The topological polar surface area (TPSA) is 66.8 Å². The van der Waals surface area contributed by atoms with Crippen molar-refractivity contribution in [1.82, 2.24) is 4.90 Å². The first-order valence-corrected chi connectivity index (χ1v) is 12.6. The minimum Gasteiger partial charge on any atom is -0.343 e. The summed E-state index contributed by atoms with van der Waals surface area (Å²) < 4.78 is 37.4. The fraction of sp³-hybridized carbons (Fsp3) is 0.600. The number of carbonyl (C=O) groups excluding carboxylic acids is 1. The third-order valence-corrected chi connectivity index (χ3v) is 9.88. The van der Waals surface area contributed by atoms with Gasteiger partial charge in [-0.25, -0.2) is 12.8 Å². The summed E-state index contributed by atoms with van der Waals surface area (Å²) in [5, 5.41) is 0.677. The van der Waals surface area contributed by atoms with Gasteiger partial charge in [-0.05, 0) is 48.8 Å². The van der Waals surface area contributed by atoms with Crippen LogP contribution in [0.5, 0.6) is 0 Å². The van der Waals surface area contributed by atoms with E-state index in [1.54, 1.807) is 12.1 Å². The molecule has 4 aliphatic rings. The average molecular weight is 423 g/mol. The zero-order valence-electron chi connectivity index (χ0n) is 15.5. The summed E-state index contributed by atoms with van der Waals surface area (Å²) >= 11 is 1.46. The maximum absolute atomic E-state index is 13.1. The first-order valence-electron chi connectivity index (χ1n) is 9.89. The van der Waals surface area contributed by atoms with Crippen LogP contribution >= 0.6 is 11.8 Å². The molecule has 1 aromatic carbocycles. The maximum Gasteiger partial charge on any atom is 0.252 e. The van der Waals surface area contributed by atoms with Crippen molar-refractivity contribution < 1.29 is 17.6 Å². The Hall–Kier alpha value is -1.41. The van der Waals surface area contributed by atoms with E-state index in [2.05, 4.69) is 9.89 Å². The lowest BCUT2D eigenvalue weighted by atomic mass is 9.93. The van der Waals surface area contributed by atoms with Crippen molar-refractivity contribution in [3.05, 3.63) is 35.6 Å². The summed E-state index contributed by atoms with van der Waals surface area (Å²) in [5.41, 5.74) is 0.730. The molecule has 2 aliphatic carbocycles. The number of rotatable bonds is 3. The highest BCUT2D eigenvalue weighted by molar-refractivity contribution is 8.15. The van der Waals surface area contributed by atoms with Gasteiger partial charge in [0.1, 0.15) is 5.82 Å².